The van der Waals surface area contributed by atoms with Gasteiger partial charge in [0.25, 0.3) is 0 Å². The Kier molecular flexibility index (Phi) is 2.10. The zero-order chi connectivity index (χ0) is 9.47. The molecule has 2 aliphatic rings. The van der Waals surface area contributed by atoms with Crippen LogP contribution in [0.25, 0.3) is 0 Å². The first kappa shape index (κ1) is 9.06. The highest BCUT2D eigenvalue weighted by atomic mass is 19.4. The highest BCUT2D eigenvalue weighted by Crippen LogP contribution is 2.43. The summed E-state index contributed by atoms with van der Waals surface area (Å²) in [6.07, 6.45) is 1.54. The predicted molar refractivity (Wildman–Crippen MR) is 40.9 cm³/mol. The molecule has 4 heteroatoms. The van der Waals surface area contributed by atoms with Gasteiger partial charge in [0, 0.05) is 0 Å². The molecule has 1 nitrogen and oxygen atoms in total. The molecule has 0 aromatic heterocycles. The second kappa shape index (κ2) is 3.01. The van der Waals surface area contributed by atoms with Gasteiger partial charge in [-0.2, -0.15) is 0 Å². The molecule has 1 fully saturated rings. The lowest BCUT2D eigenvalue weighted by Gasteiger charge is -2.18. The first-order valence-corrected chi connectivity index (χ1v) is 4.43. The zero-order valence-electron chi connectivity index (χ0n) is 7.05. The fraction of sp³-hybridized carbons (Fsp3) is 0.778. The summed E-state index contributed by atoms with van der Waals surface area (Å²) in [7, 11) is 0. The van der Waals surface area contributed by atoms with E-state index in [1.807, 2.05) is 6.08 Å². The van der Waals surface area contributed by atoms with Crippen molar-refractivity contribution in [2.24, 2.45) is 17.8 Å². The number of hydrogen-bond donors (Lipinski definition) is 0. The van der Waals surface area contributed by atoms with E-state index in [2.05, 4.69) is 10.8 Å². The van der Waals surface area contributed by atoms with Crippen molar-refractivity contribution < 1.29 is 17.9 Å². The molecule has 3 unspecified atom stereocenters. The summed E-state index contributed by atoms with van der Waals surface area (Å²) in [6.45, 7) is -0.172. The van der Waals surface area contributed by atoms with Crippen LogP contribution in [0.2, 0.25) is 0 Å². The Hall–Kier alpha value is -0.510. The molecule has 0 radical (unpaired) electrons. The smallest absolute Gasteiger partial charge is 0.292 e. The Labute approximate surface area is 74.6 Å². The summed E-state index contributed by atoms with van der Waals surface area (Å²) < 4.78 is 39.0. The highest BCUT2D eigenvalue weighted by molar-refractivity contribution is 5.09. The van der Waals surface area contributed by atoms with Crippen molar-refractivity contribution in [1.29, 1.82) is 0 Å². The summed E-state index contributed by atoms with van der Waals surface area (Å²) in [5.41, 5.74) is 0. The van der Waals surface area contributed by atoms with E-state index < -0.39 is 6.36 Å². The topological polar surface area (TPSA) is 9.23 Å². The van der Waals surface area contributed by atoms with Gasteiger partial charge in [0.1, 0.15) is 0 Å². The van der Waals surface area contributed by atoms with E-state index >= 15 is 0 Å². The Balaban J connectivity index is 1.81. The Morgan fingerprint density at radius 1 is 1.23 bits per heavy atom. The Morgan fingerprint density at radius 3 is 2.46 bits per heavy atom. The molecular weight excluding hydrogens is 181 g/mol. The highest BCUT2D eigenvalue weighted by Gasteiger charge is 2.38. The lowest BCUT2D eigenvalue weighted by atomic mass is 9.95. The first-order chi connectivity index (χ1) is 6.04. The first-order valence-electron chi connectivity index (χ1n) is 4.43. The van der Waals surface area contributed by atoms with Gasteiger partial charge in [-0.15, -0.1) is 13.2 Å². The van der Waals surface area contributed by atoms with E-state index in [9.17, 15) is 13.2 Å². The van der Waals surface area contributed by atoms with E-state index in [1.165, 1.54) is 0 Å². The van der Waals surface area contributed by atoms with Crippen molar-refractivity contribution in [3.8, 4) is 0 Å². The maximum absolute atomic E-state index is 11.7. The second-order valence-electron chi connectivity index (χ2n) is 3.80. The molecule has 2 rings (SSSR count). The van der Waals surface area contributed by atoms with Gasteiger partial charge < -0.3 is 0 Å². The van der Waals surface area contributed by atoms with Crippen LogP contribution in [0.5, 0.6) is 0 Å². The van der Waals surface area contributed by atoms with Gasteiger partial charge in [0.05, 0.1) is 6.61 Å². The number of fused-ring (bicyclic) bond motifs is 2. The van der Waals surface area contributed by atoms with Crippen LogP contribution >= 0.6 is 0 Å². The van der Waals surface area contributed by atoms with Crippen molar-refractivity contribution in [2.75, 3.05) is 6.61 Å². The van der Waals surface area contributed by atoms with Gasteiger partial charge in [-0.1, -0.05) is 12.2 Å². The zero-order valence-corrected chi connectivity index (χ0v) is 7.05. The van der Waals surface area contributed by atoms with Gasteiger partial charge in [0.15, 0.2) is 0 Å². The van der Waals surface area contributed by atoms with Crippen LogP contribution in [0, 0.1) is 17.8 Å². The van der Waals surface area contributed by atoms with Crippen LogP contribution in [-0.4, -0.2) is 13.0 Å². The third-order valence-electron chi connectivity index (χ3n) is 2.88. The minimum Gasteiger partial charge on any atom is -0.292 e. The van der Waals surface area contributed by atoms with Crippen molar-refractivity contribution in [1.82, 2.24) is 0 Å². The molecular formula is C9H11F3O. The summed E-state index contributed by atoms with van der Waals surface area (Å²) in [5, 5.41) is 0. The van der Waals surface area contributed by atoms with E-state index in [1.54, 1.807) is 0 Å². The van der Waals surface area contributed by atoms with Gasteiger partial charge in [0.2, 0.25) is 0 Å². The van der Waals surface area contributed by atoms with Crippen LogP contribution in [-0.2, 0) is 4.74 Å². The largest absolute Gasteiger partial charge is 0.522 e. The molecule has 1 saturated carbocycles. The minimum absolute atomic E-state index is 0.0802. The lowest BCUT2D eigenvalue weighted by Crippen LogP contribution is -2.21. The molecule has 0 aliphatic heterocycles. The fourth-order valence-corrected chi connectivity index (χ4v) is 2.29. The maximum atomic E-state index is 11.7. The molecule has 2 aliphatic carbocycles. The van der Waals surface area contributed by atoms with E-state index in [0.29, 0.717) is 11.8 Å². The van der Waals surface area contributed by atoms with Gasteiger partial charge in [-0.05, 0) is 30.6 Å². The molecule has 0 saturated heterocycles. The standard InChI is InChI=1S/C9H11F3O/c10-9(11,12)13-5-8-4-6-1-2-7(8)3-6/h1-2,6-8H,3-5H2. The van der Waals surface area contributed by atoms with Crippen LogP contribution in [0.3, 0.4) is 0 Å². The summed E-state index contributed by atoms with van der Waals surface area (Å²) in [6, 6.07) is 0. The Morgan fingerprint density at radius 2 is 2.00 bits per heavy atom. The molecule has 74 valence electrons. The summed E-state index contributed by atoms with van der Waals surface area (Å²) in [4.78, 5) is 0. The number of hydrogen-bond acceptors (Lipinski definition) is 1. The van der Waals surface area contributed by atoms with Gasteiger partial charge >= 0.3 is 6.36 Å². The quantitative estimate of drug-likeness (QED) is 0.611. The number of allylic oxidation sites excluding steroid dienone is 2. The van der Waals surface area contributed by atoms with Crippen LogP contribution in [0.15, 0.2) is 12.2 Å². The molecule has 3 atom stereocenters. The van der Waals surface area contributed by atoms with Crippen LogP contribution < -0.4 is 0 Å². The number of alkyl halides is 3. The molecule has 0 aromatic rings. The normalized spacial score (nSPS) is 37.3. The summed E-state index contributed by atoms with van der Waals surface area (Å²) in [5.74, 6) is 0.913. The van der Waals surface area contributed by atoms with Crippen molar-refractivity contribution in [3.05, 3.63) is 12.2 Å². The summed E-state index contributed by atoms with van der Waals surface area (Å²) >= 11 is 0. The third-order valence-corrected chi connectivity index (χ3v) is 2.88. The SMILES string of the molecule is FC(F)(F)OCC1CC2C=CC1C2. The van der Waals surface area contributed by atoms with E-state index in [0.717, 1.165) is 12.8 Å². The minimum atomic E-state index is -4.47. The maximum Gasteiger partial charge on any atom is 0.522 e. The van der Waals surface area contributed by atoms with Crippen molar-refractivity contribution in [2.45, 2.75) is 19.2 Å². The molecule has 2 bridgehead atoms. The predicted octanol–water partition coefficient (Wildman–Crippen LogP) is 2.74. The average molecular weight is 192 g/mol. The van der Waals surface area contributed by atoms with Crippen molar-refractivity contribution >= 4 is 0 Å². The van der Waals surface area contributed by atoms with E-state index in [4.69, 9.17) is 0 Å². The average Bonchev–Trinajstić information content (AvgIpc) is 2.58. The number of rotatable bonds is 2. The monoisotopic (exact) mass is 192 g/mol. The van der Waals surface area contributed by atoms with Crippen LogP contribution in [0.4, 0.5) is 13.2 Å². The molecule has 13 heavy (non-hydrogen) atoms. The molecule has 0 heterocycles. The number of ether oxygens (including phenoxy) is 1. The van der Waals surface area contributed by atoms with Gasteiger partial charge in [-0.25, -0.2) is 0 Å². The van der Waals surface area contributed by atoms with Crippen LogP contribution in [0.1, 0.15) is 12.8 Å². The van der Waals surface area contributed by atoms with Gasteiger partial charge in [-0.3, -0.25) is 4.74 Å². The van der Waals surface area contributed by atoms with E-state index in [-0.39, 0.29) is 12.5 Å². The number of halogens is 3. The molecule has 0 aromatic carbocycles. The lowest BCUT2D eigenvalue weighted by molar-refractivity contribution is -0.329. The second-order valence-corrected chi connectivity index (χ2v) is 3.80. The molecule has 0 spiro atoms. The van der Waals surface area contributed by atoms with Crippen molar-refractivity contribution in [3.63, 3.8) is 0 Å². The molecule has 0 amide bonds. The fourth-order valence-electron chi connectivity index (χ4n) is 2.29. The Bertz CT molecular complexity index is 221. The third kappa shape index (κ3) is 2.05. The molecule has 0 N–H and O–H groups in total.